The maximum atomic E-state index is 13.8. The smallest absolute Gasteiger partial charge is 0.241 e. The number of aldehydes is 1. The second-order valence-electron chi connectivity index (χ2n) is 14.3. The van der Waals surface area contributed by atoms with Gasteiger partial charge in [0.05, 0.1) is 37.6 Å². The summed E-state index contributed by atoms with van der Waals surface area (Å²) in [6.07, 6.45) is 21.8. The van der Waals surface area contributed by atoms with Crippen molar-refractivity contribution in [2.45, 2.75) is 77.4 Å². The van der Waals surface area contributed by atoms with Crippen molar-refractivity contribution in [1.82, 2.24) is 19.9 Å². The topological polar surface area (TPSA) is 114 Å². The Morgan fingerprint density at radius 1 is 1.09 bits per heavy atom. The molecular formula is C44H55N6O3+. The molecule has 0 radical (unpaired) electrons. The molecule has 0 bridgehead atoms. The van der Waals surface area contributed by atoms with E-state index in [1.807, 2.05) is 48.8 Å². The third kappa shape index (κ3) is 10.2. The SMILES string of the molecule is C=CC=CC=CCC(CC)C(C=O)N1CCCCC1C(=O)Nc1ccc2[nH]c(-c3ccc(-c4cnc(C[N+](C)(C=C=CO)CCCC)[nH]4)cc3)cc2c1. The fourth-order valence-corrected chi connectivity index (χ4v) is 7.35. The Morgan fingerprint density at radius 2 is 1.89 bits per heavy atom. The first-order chi connectivity index (χ1) is 25.8. The number of carbonyl (C=O) groups excluding carboxylic acids is 2. The molecule has 4 N–H and O–H groups in total. The van der Waals surface area contributed by atoms with E-state index in [4.69, 9.17) is 5.11 Å². The van der Waals surface area contributed by atoms with Crippen LogP contribution >= 0.6 is 0 Å². The maximum Gasteiger partial charge on any atom is 0.241 e. The van der Waals surface area contributed by atoms with Gasteiger partial charge in [-0.1, -0.05) is 94.3 Å². The molecule has 5 rings (SSSR count). The zero-order valence-electron chi connectivity index (χ0n) is 31.4. The first-order valence-corrected chi connectivity index (χ1v) is 19.0. The molecule has 0 saturated carbocycles. The van der Waals surface area contributed by atoms with Gasteiger partial charge < -0.3 is 25.2 Å². The van der Waals surface area contributed by atoms with E-state index in [1.165, 1.54) is 0 Å². The predicted octanol–water partition coefficient (Wildman–Crippen LogP) is 9.23. The molecule has 1 aliphatic rings. The van der Waals surface area contributed by atoms with Gasteiger partial charge in [0.2, 0.25) is 5.91 Å². The number of unbranched alkanes of at least 4 members (excludes halogenated alkanes) is 1. The zero-order chi connectivity index (χ0) is 37.6. The van der Waals surface area contributed by atoms with Crippen LogP contribution < -0.4 is 5.32 Å². The van der Waals surface area contributed by atoms with E-state index >= 15 is 0 Å². The van der Waals surface area contributed by atoms with Crippen LogP contribution in [0.4, 0.5) is 5.69 Å². The molecule has 1 amide bonds. The Bertz CT molecular complexity index is 1950. The summed E-state index contributed by atoms with van der Waals surface area (Å²) in [4.78, 5) is 40.1. The average Bonchev–Trinajstić information content (AvgIpc) is 3.83. The van der Waals surface area contributed by atoms with Gasteiger partial charge in [-0.15, -0.1) is 0 Å². The summed E-state index contributed by atoms with van der Waals surface area (Å²) in [5.41, 5.74) is 8.58. The third-order valence-electron chi connectivity index (χ3n) is 10.3. The lowest BCUT2D eigenvalue weighted by molar-refractivity contribution is -0.874. The fraction of sp³-hybridized carbons (Fsp3) is 0.364. The van der Waals surface area contributed by atoms with Gasteiger partial charge >= 0.3 is 0 Å². The second kappa shape index (κ2) is 19.0. The number of benzene rings is 2. The summed E-state index contributed by atoms with van der Waals surface area (Å²) in [5.74, 6) is 0.943. The quantitative estimate of drug-likeness (QED) is 0.0270. The van der Waals surface area contributed by atoms with Crippen LogP contribution in [-0.2, 0) is 16.1 Å². The molecule has 53 heavy (non-hydrogen) atoms. The van der Waals surface area contributed by atoms with Crippen LogP contribution in [0.2, 0.25) is 0 Å². The van der Waals surface area contributed by atoms with E-state index in [-0.39, 0.29) is 23.9 Å². The van der Waals surface area contributed by atoms with Crippen molar-refractivity contribution in [3.8, 4) is 22.5 Å². The lowest BCUT2D eigenvalue weighted by Gasteiger charge is -2.41. The number of nitrogens with one attached hydrogen (secondary N) is 3. The van der Waals surface area contributed by atoms with Gasteiger partial charge in [0.15, 0.2) is 5.82 Å². The number of hydrogen-bond acceptors (Lipinski definition) is 5. The number of anilines is 1. The highest BCUT2D eigenvalue weighted by Crippen LogP contribution is 2.30. The summed E-state index contributed by atoms with van der Waals surface area (Å²) in [6.45, 7) is 10.3. The first-order valence-electron chi connectivity index (χ1n) is 19.0. The van der Waals surface area contributed by atoms with E-state index in [1.54, 1.807) is 6.08 Å². The minimum Gasteiger partial charge on any atom is -0.507 e. The number of fused-ring (bicyclic) bond motifs is 1. The monoisotopic (exact) mass is 715 g/mol. The van der Waals surface area contributed by atoms with Gasteiger partial charge in [0, 0.05) is 22.3 Å². The van der Waals surface area contributed by atoms with E-state index in [2.05, 4.69) is 94.8 Å². The number of rotatable bonds is 18. The summed E-state index contributed by atoms with van der Waals surface area (Å²) < 4.78 is 0.592. The molecule has 3 heterocycles. The van der Waals surface area contributed by atoms with Crippen LogP contribution in [0.3, 0.4) is 0 Å². The normalized spacial score (nSPS) is 17.3. The minimum atomic E-state index is -0.357. The number of aliphatic hydroxyl groups excluding tert-OH is 1. The van der Waals surface area contributed by atoms with Crippen molar-refractivity contribution in [2.24, 2.45) is 5.92 Å². The van der Waals surface area contributed by atoms with Crippen molar-refractivity contribution in [3.05, 3.63) is 116 Å². The Labute approximate surface area is 314 Å². The molecule has 4 aromatic rings. The van der Waals surface area contributed by atoms with Crippen LogP contribution in [0.5, 0.6) is 0 Å². The highest BCUT2D eigenvalue weighted by atomic mass is 16.2. The lowest BCUT2D eigenvalue weighted by Crippen LogP contribution is -2.54. The number of carbonyl (C=O) groups is 2. The third-order valence-corrected chi connectivity index (χ3v) is 10.3. The predicted molar refractivity (Wildman–Crippen MR) is 216 cm³/mol. The number of piperidine rings is 1. The summed E-state index contributed by atoms with van der Waals surface area (Å²) in [5, 5.41) is 13.3. The summed E-state index contributed by atoms with van der Waals surface area (Å²) >= 11 is 0. The molecule has 1 saturated heterocycles. The van der Waals surface area contributed by atoms with Crippen molar-refractivity contribution in [2.75, 3.05) is 25.5 Å². The number of likely N-dealkylation sites (tertiary alicyclic amines) is 1. The van der Waals surface area contributed by atoms with Crippen LogP contribution in [0.1, 0.15) is 64.6 Å². The van der Waals surface area contributed by atoms with Crippen molar-refractivity contribution in [3.63, 3.8) is 0 Å². The number of H-pyrrole nitrogens is 2. The number of imidazole rings is 1. The largest absolute Gasteiger partial charge is 0.507 e. The van der Waals surface area contributed by atoms with Crippen LogP contribution in [0.25, 0.3) is 33.4 Å². The van der Waals surface area contributed by atoms with Crippen molar-refractivity contribution >= 4 is 28.8 Å². The molecule has 1 aliphatic heterocycles. The number of hydrogen-bond donors (Lipinski definition) is 4. The second-order valence-corrected chi connectivity index (χ2v) is 14.3. The number of amides is 1. The maximum absolute atomic E-state index is 13.8. The fourth-order valence-electron chi connectivity index (χ4n) is 7.35. The van der Waals surface area contributed by atoms with Crippen molar-refractivity contribution in [1.29, 1.82) is 0 Å². The molecule has 4 atom stereocenters. The molecule has 0 spiro atoms. The average molecular weight is 716 g/mol. The molecule has 2 aromatic carbocycles. The van der Waals surface area contributed by atoms with Gasteiger partial charge in [-0.2, -0.15) is 0 Å². The molecular weight excluding hydrogens is 661 g/mol. The number of aromatic nitrogens is 3. The Hall–Kier alpha value is -5.21. The number of aliphatic hydroxyl groups is 1. The standard InChI is InChI=1S/C44H54N6O3/c1-5-8-10-11-12-16-33(7-3)42(32-52)49-24-14-13-17-41(49)44(53)46-37-22-23-38-36(28-37)29-39(47-38)34-18-20-35(21-19-34)40-30-45-43(48-40)31-50(4,25-9-6-2)26-15-27-51/h5,8,10-12,18-23,26-30,32-33,41-42,47H,1,6-7,9,13-14,16-17,24-25,31H2,2-4H3,(H2-,45,46,48,51,53)/p+1. The molecule has 4 unspecified atom stereocenters. The highest BCUT2D eigenvalue weighted by Gasteiger charge is 2.36. The number of allylic oxidation sites excluding steroid dienone is 5. The van der Waals surface area contributed by atoms with Gasteiger partial charge in [0.1, 0.15) is 25.3 Å². The number of aromatic amines is 2. The van der Waals surface area contributed by atoms with Gasteiger partial charge in [-0.25, -0.2) is 4.98 Å². The Kier molecular flexibility index (Phi) is 14.0. The van der Waals surface area contributed by atoms with Gasteiger partial charge in [-0.3, -0.25) is 14.2 Å². The van der Waals surface area contributed by atoms with Crippen LogP contribution in [0.15, 0.2) is 110 Å². The minimum absolute atomic E-state index is 0.0634. The van der Waals surface area contributed by atoms with E-state index in [0.29, 0.717) is 11.0 Å². The van der Waals surface area contributed by atoms with E-state index in [9.17, 15) is 9.59 Å². The molecule has 2 aromatic heterocycles. The molecule has 278 valence electrons. The first kappa shape index (κ1) is 39.0. The molecule has 1 fully saturated rings. The molecule has 9 nitrogen and oxygen atoms in total. The van der Waals surface area contributed by atoms with E-state index in [0.717, 1.165) is 116 Å². The highest BCUT2D eigenvalue weighted by molar-refractivity contribution is 5.98. The van der Waals surface area contributed by atoms with Crippen LogP contribution in [0, 0.1) is 5.92 Å². The van der Waals surface area contributed by atoms with Crippen molar-refractivity contribution < 1.29 is 19.2 Å². The lowest BCUT2D eigenvalue weighted by atomic mass is 9.89. The number of quaternary nitrogens is 1. The number of nitrogens with zero attached hydrogens (tertiary/aromatic N) is 3. The van der Waals surface area contributed by atoms with Gasteiger partial charge in [0.25, 0.3) is 0 Å². The summed E-state index contributed by atoms with van der Waals surface area (Å²) in [6, 6.07) is 15.7. The van der Waals surface area contributed by atoms with Gasteiger partial charge in [-0.05, 0) is 79.3 Å². The van der Waals surface area contributed by atoms with Crippen LogP contribution in [-0.4, -0.2) is 73.9 Å². The zero-order valence-corrected chi connectivity index (χ0v) is 31.4. The Balaban J connectivity index is 1.26. The van der Waals surface area contributed by atoms with E-state index < -0.39 is 0 Å². The summed E-state index contributed by atoms with van der Waals surface area (Å²) in [7, 11) is 2.11. The molecule has 9 heteroatoms. The molecule has 0 aliphatic carbocycles. The Morgan fingerprint density at radius 3 is 2.60 bits per heavy atom.